The number of hydrogen-bond acceptors (Lipinski definition) is 1. The minimum absolute atomic E-state index is 0.149. The lowest BCUT2D eigenvalue weighted by Crippen LogP contribution is -2.46. The van der Waals surface area contributed by atoms with Gasteiger partial charge < -0.3 is 10.2 Å². The summed E-state index contributed by atoms with van der Waals surface area (Å²) in [5, 5.41) is 3.18. The van der Waals surface area contributed by atoms with Crippen LogP contribution in [0.2, 0.25) is 0 Å². The van der Waals surface area contributed by atoms with Crippen molar-refractivity contribution in [2.75, 3.05) is 13.1 Å². The van der Waals surface area contributed by atoms with E-state index in [0.717, 1.165) is 38.8 Å². The minimum atomic E-state index is 0.149. The molecule has 0 aromatic carbocycles. The van der Waals surface area contributed by atoms with Gasteiger partial charge in [-0.2, -0.15) is 0 Å². The molecule has 0 bridgehead atoms. The van der Waals surface area contributed by atoms with Crippen LogP contribution in [0.15, 0.2) is 0 Å². The zero-order valence-corrected chi connectivity index (χ0v) is 10.8. The molecule has 1 rings (SSSR count). The van der Waals surface area contributed by atoms with Gasteiger partial charge in [-0.1, -0.05) is 33.1 Å². The van der Waals surface area contributed by atoms with Gasteiger partial charge in [0.15, 0.2) is 0 Å². The lowest BCUT2D eigenvalue weighted by molar-refractivity contribution is 0.190. The van der Waals surface area contributed by atoms with E-state index >= 15 is 0 Å². The number of carbonyl (C=O) groups is 1. The number of nitrogens with one attached hydrogen (secondary N) is 1. The molecule has 0 radical (unpaired) electrons. The van der Waals surface area contributed by atoms with Crippen molar-refractivity contribution < 1.29 is 4.79 Å². The molecule has 0 aliphatic heterocycles. The van der Waals surface area contributed by atoms with Crippen LogP contribution in [0.1, 0.15) is 58.8 Å². The van der Waals surface area contributed by atoms with Gasteiger partial charge >= 0.3 is 6.03 Å². The van der Waals surface area contributed by atoms with Gasteiger partial charge in [-0.3, -0.25) is 0 Å². The summed E-state index contributed by atoms with van der Waals surface area (Å²) in [4.78, 5) is 14.0. The second-order valence-corrected chi connectivity index (χ2v) is 4.77. The molecule has 94 valence electrons. The van der Waals surface area contributed by atoms with Crippen LogP contribution in [0.25, 0.3) is 0 Å². The third kappa shape index (κ3) is 4.42. The first-order chi connectivity index (χ1) is 7.77. The first-order valence-corrected chi connectivity index (χ1v) is 6.83. The SMILES string of the molecule is CCCN(CCC)C(=O)NC1CCCCC1. The van der Waals surface area contributed by atoms with E-state index in [0.29, 0.717) is 6.04 Å². The maximum Gasteiger partial charge on any atom is 0.317 e. The molecule has 0 aromatic heterocycles. The molecule has 1 N–H and O–H groups in total. The van der Waals surface area contributed by atoms with Crippen molar-refractivity contribution in [3.63, 3.8) is 0 Å². The average Bonchev–Trinajstić information content (AvgIpc) is 2.30. The first-order valence-electron chi connectivity index (χ1n) is 6.83. The standard InChI is InChI=1S/C13H26N2O/c1-3-10-15(11-4-2)13(16)14-12-8-6-5-7-9-12/h12H,3-11H2,1-2H3,(H,14,16). The highest BCUT2D eigenvalue weighted by Gasteiger charge is 2.18. The van der Waals surface area contributed by atoms with Crippen LogP contribution in [0.5, 0.6) is 0 Å². The van der Waals surface area contributed by atoms with Crippen molar-refractivity contribution in [2.24, 2.45) is 0 Å². The van der Waals surface area contributed by atoms with Crippen molar-refractivity contribution >= 4 is 6.03 Å². The Labute approximate surface area is 99.6 Å². The topological polar surface area (TPSA) is 32.3 Å². The van der Waals surface area contributed by atoms with Crippen molar-refractivity contribution in [1.29, 1.82) is 0 Å². The quantitative estimate of drug-likeness (QED) is 0.767. The predicted octanol–water partition coefficient (Wildman–Crippen LogP) is 3.15. The van der Waals surface area contributed by atoms with Crippen LogP contribution in [0, 0.1) is 0 Å². The molecule has 1 aliphatic rings. The number of rotatable bonds is 5. The van der Waals surface area contributed by atoms with Gasteiger partial charge in [-0.25, -0.2) is 4.79 Å². The molecule has 3 heteroatoms. The third-order valence-electron chi connectivity index (χ3n) is 3.21. The fourth-order valence-electron chi connectivity index (χ4n) is 2.37. The van der Waals surface area contributed by atoms with Crippen molar-refractivity contribution in [3.05, 3.63) is 0 Å². The van der Waals surface area contributed by atoms with Crippen LogP contribution in [-0.2, 0) is 0 Å². The molecule has 1 saturated carbocycles. The fraction of sp³-hybridized carbons (Fsp3) is 0.923. The summed E-state index contributed by atoms with van der Waals surface area (Å²) in [5.41, 5.74) is 0. The molecule has 0 heterocycles. The molecule has 0 saturated heterocycles. The second-order valence-electron chi connectivity index (χ2n) is 4.77. The Morgan fingerprint density at radius 3 is 2.19 bits per heavy atom. The Bertz CT molecular complexity index is 194. The Balaban J connectivity index is 2.34. The predicted molar refractivity (Wildman–Crippen MR) is 67.6 cm³/mol. The zero-order valence-electron chi connectivity index (χ0n) is 10.8. The lowest BCUT2D eigenvalue weighted by Gasteiger charge is -2.28. The normalized spacial score (nSPS) is 17.1. The highest BCUT2D eigenvalue weighted by atomic mass is 16.2. The number of carbonyl (C=O) groups excluding carboxylic acids is 1. The maximum atomic E-state index is 12.0. The molecule has 0 atom stereocenters. The van der Waals surface area contributed by atoms with E-state index in [1.807, 2.05) is 4.90 Å². The van der Waals surface area contributed by atoms with Gasteiger partial charge in [-0.05, 0) is 25.7 Å². The molecule has 2 amide bonds. The van der Waals surface area contributed by atoms with E-state index in [1.54, 1.807) is 0 Å². The van der Waals surface area contributed by atoms with Crippen molar-refractivity contribution in [2.45, 2.75) is 64.8 Å². The van der Waals surface area contributed by atoms with Crippen LogP contribution >= 0.6 is 0 Å². The van der Waals surface area contributed by atoms with Crippen LogP contribution < -0.4 is 5.32 Å². The van der Waals surface area contributed by atoms with E-state index in [9.17, 15) is 4.79 Å². The number of urea groups is 1. The third-order valence-corrected chi connectivity index (χ3v) is 3.21. The largest absolute Gasteiger partial charge is 0.335 e. The lowest BCUT2D eigenvalue weighted by atomic mass is 9.96. The molecule has 1 aliphatic carbocycles. The van der Waals surface area contributed by atoms with Gasteiger partial charge in [0.2, 0.25) is 0 Å². The molecule has 0 aromatic rings. The van der Waals surface area contributed by atoms with Gasteiger partial charge in [-0.15, -0.1) is 0 Å². The maximum absolute atomic E-state index is 12.0. The monoisotopic (exact) mass is 226 g/mol. The second kappa shape index (κ2) is 7.53. The molecular formula is C13H26N2O. The minimum Gasteiger partial charge on any atom is -0.335 e. The number of hydrogen-bond donors (Lipinski definition) is 1. The molecule has 3 nitrogen and oxygen atoms in total. The molecular weight excluding hydrogens is 200 g/mol. The van der Waals surface area contributed by atoms with Gasteiger partial charge in [0, 0.05) is 19.1 Å². The fourth-order valence-corrected chi connectivity index (χ4v) is 2.37. The Hall–Kier alpha value is -0.730. The van der Waals surface area contributed by atoms with Crippen LogP contribution in [0.3, 0.4) is 0 Å². The summed E-state index contributed by atoms with van der Waals surface area (Å²) in [6.45, 7) is 6.01. The number of nitrogens with zero attached hydrogens (tertiary/aromatic N) is 1. The van der Waals surface area contributed by atoms with E-state index in [1.165, 1.54) is 19.3 Å². The summed E-state index contributed by atoms with van der Waals surface area (Å²) < 4.78 is 0. The number of amides is 2. The van der Waals surface area contributed by atoms with Gasteiger partial charge in [0.25, 0.3) is 0 Å². The van der Waals surface area contributed by atoms with E-state index in [4.69, 9.17) is 0 Å². The highest BCUT2D eigenvalue weighted by molar-refractivity contribution is 5.74. The Kier molecular flexibility index (Phi) is 6.27. The summed E-state index contributed by atoms with van der Waals surface area (Å²) >= 11 is 0. The Morgan fingerprint density at radius 1 is 1.12 bits per heavy atom. The van der Waals surface area contributed by atoms with E-state index in [-0.39, 0.29) is 6.03 Å². The molecule has 1 fully saturated rings. The summed E-state index contributed by atoms with van der Waals surface area (Å²) in [6.07, 6.45) is 8.28. The first kappa shape index (κ1) is 13.3. The summed E-state index contributed by atoms with van der Waals surface area (Å²) in [7, 11) is 0. The summed E-state index contributed by atoms with van der Waals surface area (Å²) in [6, 6.07) is 0.577. The van der Waals surface area contributed by atoms with Crippen LogP contribution in [0.4, 0.5) is 4.79 Å². The molecule has 16 heavy (non-hydrogen) atoms. The van der Waals surface area contributed by atoms with Gasteiger partial charge in [0.1, 0.15) is 0 Å². The summed E-state index contributed by atoms with van der Waals surface area (Å²) in [5.74, 6) is 0. The van der Waals surface area contributed by atoms with Crippen molar-refractivity contribution in [1.82, 2.24) is 10.2 Å². The van der Waals surface area contributed by atoms with Gasteiger partial charge in [0.05, 0.1) is 0 Å². The van der Waals surface area contributed by atoms with Crippen LogP contribution in [-0.4, -0.2) is 30.1 Å². The smallest absolute Gasteiger partial charge is 0.317 e. The molecule has 0 unspecified atom stereocenters. The van der Waals surface area contributed by atoms with Crippen molar-refractivity contribution in [3.8, 4) is 0 Å². The molecule has 0 spiro atoms. The van der Waals surface area contributed by atoms with E-state index < -0.39 is 0 Å². The Morgan fingerprint density at radius 2 is 1.69 bits per heavy atom. The van der Waals surface area contributed by atoms with E-state index in [2.05, 4.69) is 19.2 Å². The average molecular weight is 226 g/mol. The zero-order chi connectivity index (χ0) is 11.8. The highest BCUT2D eigenvalue weighted by Crippen LogP contribution is 2.17.